The fourth-order valence-electron chi connectivity index (χ4n) is 12.8. The average Bonchev–Trinajstić information content (AvgIpc) is 4.25. The summed E-state index contributed by atoms with van der Waals surface area (Å²) in [5, 5.41) is 50.5. The van der Waals surface area contributed by atoms with Gasteiger partial charge in [0.25, 0.3) is 0 Å². The molecule has 3 aromatic heterocycles. The van der Waals surface area contributed by atoms with E-state index in [1.54, 1.807) is 0 Å². The van der Waals surface area contributed by atoms with E-state index in [-0.39, 0.29) is 63.0 Å². The van der Waals surface area contributed by atoms with E-state index in [0.717, 1.165) is 77.8 Å². The van der Waals surface area contributed by atoms with Crippen LogP contribution in [0.5, 0.6) is 0 Å². The van der Waals surface area contributed by atoms with E-state index in [9.17, 15) is 29.7 Å². The predicted molar refractivity (Wildman–Crippen MR) is 316 cm³/mol. The average molecular weight is 1130 g/mol. The molecule has 16 nitrogen and oxygen atoms in total. The molecule has 0 amide bonds. The Hall–Kier alpha value is -4.99. The molecule has 0 spiro atoms. The number of nitrogens with one attached hydrogen (secondary N) is 3. The molecule has 6 heterocycles. The van der Waals surface area contributed by atoms with Gasteiger partial charge in [0, 0.05) is 91.1 Å². The van der Waals surface area contributed by atoms with Gasteiger partial charge in [-0.1, -0.05) is 80.5 Å². The summed E-state index contributed by atoms with van der Waals surface area (Å²) in [5.41, 5.74) is 16.2. The Labute approximate surface area is 496 Å². The number of aliphatic hydroxyl groups is 3. The number of ether oxygens (including phenoxy) is 4. The van der Waals surface area contributed by atoms with Crippen LogP contribution >= 0.6 is 0 Å². The van der Waals surface area contributed by atoms with Crippen molar-refractivity contribution >= 4 is 50.6 Å². The number of carboxylic acid groups (broad SMARTS) is 2. The van der Waals surface area contributed by atoms with Crippen molar-refractivity contribution in [3.8, 4) is 0 Å². The molecule has 446 valence electrons. The molecular weight excluding hydrogens is 1040 g/mol. The molecular formula is C65H92LiN3O13. The molecule has 0 aliphatic carbocycles. The summed E-state index contributed by atoms with van der Waals surface area (Å²) >= 11 is 0. The number of carbonyl (C=O) groups is 3. The summed E-state index contributed by atoms with van der Waals surface area (Å²) in [7, 11) is 0. The zero-order valence-electron chi connectivity index (χ0n) is 50.8. The minimum atomic E-state index is -0.770. The first-order valence-corrected chi connectivity index (χ1v) is 29.7. The van der Waals surface area contributed by atoms with Gasteiger partial charge in [-0.3, -0.25) is 14.4 Å². The maximum absolute atomic E-state index is 11.8. The number of aromatic amines is 3. The number of aryl methyl sites for hydroxylation is 3. The van der Waals surface area contributed by atoms with E-state index < -0.39 is 28.7 Å². The molecule has 3 aromatic carbocycles. The van der Waals surface area contributed by atoms with Crippen molar-refractivity contribution in [1.29, 1.82) is 0 Å². The molecule has 3 unspecified atom stereocenters. The van der Waals surface area contributed by atoms with Gasteiger partial charge in [-0.25, -0.2) is 0 Å². The van der Waals surface area contributed by atoms with Crippen LogP contribution in [-0.2, 0) is 88.7 Å². The van der Waals surface area contributed by atoms with Crippen molar-refractivity contribution in [3.05, 3.63) is 104 Å². The number of aliphatic hydroxyl groups excluding tert-OH is 3. The second kappa shape index (κ2) is 29.7. The predicted octanol–water partition coefficient (Wildman–Crippen LogP) is 8.91. The van der Waals surface area contributed by atoms with Gasteiger partial charge in [0.2, 0.25) is 0 Å². The molecule has 3 aliphatic heterocycles. The normalized spacial score (nSPS) is 19.2. The van der Waals surface area contributed by atoms with Crippen molar-refractivity contribution in [2.45, 2.75) is 200 Å². The number of hydrogen-bond donors (Lipinski definition) is 8. The number of rotatable bonds is 22. The van der Waals surface area contributed by atoms with E-state index in [0.29, 0.717) is 89.1 Å². The molecule has 6 aromatic rings. The van der Waals surface area contributed by atoms with Gasteiger partial charge in [-0.2, -0.15) is 0 Å². The Morgan fingerprint density at radius 1 is 0.512 bits per heavy atom. The quantitative estimate of drug-likeness (QED) is 0.0233. The zero-order chi connectivity index (χ0) is 58.1. The standard InChI is InChI=1S/C23H33NO4.2C21H29NO4.Li.H2O/c1-5-23(10-11-25)22-17(9-12-28-23)19-14-16(7-8-20(26)27-6-2)13-18(15(3)4)21(19)24-22;2*1-4-21(8-9-23)20-15(7-10-26-21)17-12-14(5-6-18(24)25)11-16(13(2)3)19(17)22-20;;/h13-15,24-25H,5-12H2,1-4H3;2*11-13,22-23H,4-10H2,1-3H3,(H,24,25);;1H2/q;;;+1;/p-1. The summed E-state index contributed by atoms with van der Waals surface area (Å²) in [6.45, 7) is 23.8. The first kappa shape index (κ1) is 67.8. The number of carbonyl (C=O) groups excluding carboxylic acids is 1. The molecule has 9 rings (SSSR count). The number of carboxylic acids is 2. The Bertz CT molecular complexity index is 2980. The van der Waals surface area contributed by atoms with E-state index >= 15 is 0 Å². The number of hydrogen-bond acceptors (Lipinski definition) is 11. The molecule has 0 saturated heterocycles. The van der Waals surface area contributed by atoms with Gasteiger partial charge in [-0.05, 0) is 151 Å². The third-order valence-electron chi connectivity index (χ3n) is 17.2. The van der Waals surface area contributed by atoms with Crippen molar-refractivity contribution < 1.29 is 83.2 Å². The van der Waals surface area contributed by atoms with Crippen molar-refractivity contribution in [2.24, 2.45) is 0 Å². The SMILES string of the molecule is CCC1(CCO)OCCc2c1[nH]c1c(C(C)C)cc(CCC(=O)O)cc21.CCC1(CCO)OCCc2c1[nH]c1c(C(C)C)cc(CCC(=O)O)cc21.CCOC(=O)CCc1cc(C(C)C)c2[nH]c3c(c2c1)CCOC3(CC)CCO.[Li+].[OH-]. The van der Waals surface area contributed by atoms with Crippen LogP contribution in [0.25, 0.3) is 32.7 Å². The summed E-state index contributed by atoms with van der Waals surface area (Å²) in [6, 6.07) is 13.0. The molecule has 0 bridgehead atoms. The second-order valence-electron chi connectivity index (χ2n) is 23.1. The first-order chi connectivity index (χ1) is 38.3. The molecule has 3 atom stereocenters. The minimum absolute atomic E-state index is 0. The number of benzene rings is 3. The maximum Gasteiger partial charge on any atom is 1.00 e. The van der Waals surface area contributed by atoms with Crippen molar-refractivity contribution in [1.82, 2.24) is 15.0 Å². The summed E-state index contributed by atoms with van der Waals surface area (Å²) in [6.07, 6.45) is 9.14. The van der Waals surface area contributed by atoms with Crippen LogP contribution in [0.2, 0.25) is 0 Å². The van der Waals surface area contributed by atoms with Gasteiger partial charge >= 0.3 is 36.8 Å². The fourth-order valence-corrected chi connectivity index (χ4v) is 12.8. The van der Waals surface area contributed by atoms with Crippen LogP contribution in [-0.4, -0.2) is 110 Å². The summed E-state index contributed by atoms with van der Waals surface area (Å²) < 4.78 is 23.6. The fraction of sp³-hybridized carbons (Fsp3) is 0.585. The largest absolute Gasteiger partial charge is 1.00 e. The van der Waals surface area contributed by atoms with Crippen LogP contribution < -0.4 is 18.9 Å². The van der Waals surface area contributed by atoms with Crippen LogP contribution in [0.4, 0.5) is 0 Å². The van der Waals surface area contributed by atoms with E-state index in [2.05, 4.69) is 114 Å². The molecule has 17 heteroatoms. The van der Waals surface area contributed by atoms with Crippen LogP contribution in [0.1, 0.15) is 212 Å². The number of fused-ring (bicyclic) bond motifs is 9. The van der Waals surface area contributed by atoms with Crippen LogP contribution in [0.15, 0.2) is 36.4 Å². The van der Waals surface area contributed by atoms with Crippen molar-refractivity contribution in [2.75, 3.05) is 46.2 Å². The molecule has 0 saturated carbocycles. The van der Waals surface area contributed by atoms with Crippen LogP contribution in [0.3, 0.4) is 0 Å². The zero-order valence-corrected chi connectivity index (χ0v) is 50.8. The molecule has 82 heavy (non-hydrogen) atoms. The minimum Gasteiger partial charge on any atom is -0.870 e. The first-order valence-electron chi connectivity index (χ1n) is 29.7. The van der Waals surface area contributed by atoms with Gasteiger partial charge in [0.15, 0.2) is 0 Å². The Morgan fingerprint density at radius 3 is 1.05 bits per heavy atom. The Kier molecular flexibility index (Phi) is 24.5. The number of H-pyrrole nitrogens is 3. The Balaban J connectivity index is 0.000000223. The van der Waals surface area contributed by atoms with Crippen LogP contribution in [0, 0.1) is 0 Å². The van der Waals surface area contributed by atoms with Gasteiger partial charge < -0.3 is 64.9 Å². The topological polar surface area (TPSA) is 267 Å². The van der Waals surface area contributed by atoms with E-state index in [1.165, 1.54) is 60.6 Å². The molecule has 0 radical (unpaired) electrons. The smallest absolute Gasteiger partial charge is 0.870 e. The van der Waals surface area contributed by atoms with E-state index in [4.69, 9.17) is 29.2 Å². The second-order valence-corrected chi connectivity index (χ2v) is 23.1. The molecule has 0 fully saturated rings. The number of esters is 1. The summed E-state index contributed by atoms with van der Waals surface area (Å²) in [5.74, 6) is -0.664. The van der Waals surface area contributed by atoms with E-state index in [1.807, 2.05) is 6.92 Å². The number of aromatic nitrogens is 3. The molecule has 9 N–H and O–H groups in total. The van der Waals surface area contributed by atoms with Gasteiger partial charge in [-0.15, -0.1) is 0 Å². The van der Waals surface area contributed by atoms with Gasteiger partial charge in [0.05, 0.1) is 43.5 Å². The number of aliphatic carboxylic acids is 2. The van der Waals surface area contributed by atoms with Crippen molar-refractivity contribution in [3.63, 3.8) is 0 Å². The summed E-state index contributed by atoms with van der Waals surface area (Å²) in [4.78, 5) is 44.7. The monoisotopic (exact) mass is 1130 g/mol. The molecule has 3 aliphatic rings. The maximum atomic E-state index is 11.8. The Morgan fingerprint density at radius 2 is 0.805 bits per heavy atom. The third-order valence-corrected chi connectivity index (χ3v) is 17.2. The van der Waals surface area contributed by atoms with Gasteiger partial charge in [0.1, 0.15) is 16.8 Å². The third kappa shape index (κ3) is 14.4.